The molecule has 25 heavy (non-hydrogen) atoms. The summed E-state index contributed by atoms with van der Waals surface area (Å²) in [5, 5.41) is 5.60. The Morgan fingerprint density at radius 1 is 1.04 bits per heavy atom. The van der Waals surface area contributed by atoms with Crippen molar-refractivity contribution in [3.8, 4) is 0 Å². The van der Waals surface area contributed by atoms with Gasteiger partial charge in [0.25, 0.3) is 5.91 Å². The lowest BCUT2D eigenvalue weighted by atomic mass is 9.49. The van der Waals surface area contributed by atoms with Crippen molar-refractivity contribution >= 4 is 17.8 Å². The van der Waals surface area contributed by atoms with Crippen LogP contribution in [0.4, 0.5) is 0 Å². The van der Waals surface area contributed by atoms with Gasteiger partial charge < -0.3 is 15.4 Å². The lowest BCUT2D eigenvalue weighted by Gasteiger charge is -2.55. The molecular weight excluding hydrogens is 320 g/mol. The van der Waals surface area contributed by atoms with Gasteiger partial charge in [0.1, 0.15) is 6.54 Å². The molecule has 0 unspecified atom stereocenters. The maximum absolute atomic E-state index is 12.8. The molecule has 6 nitrogen and oxygen atoms in total. The lowest BCUT2D eigenvalue weighted by molar-refractivity contribution is -0.156. The molecule has 0 aromatic rings. The Kier molecular flexibility index (Phi) is 4.24. The Hall–Kier alpha value is -1.59. The smallest absolute Gasteiger partial charge is 0.326 e. The molecule has 0 aromatic heterocycles. The minimum Gasteiger partial charge on any atom is -0.451 e. The Morgan fingerprint density at radius 3 is 2.12 bits per heavy atom. The Balaban J connectivity index is 1.25. The lowest BCUT2D eigenvalue weighted by Crippen LogP contribution is -2.54. The molecular formula is C19H28N2O4. The van der Waals surface area contributed by atoms with Crippen molar-refractivity contribution in [2.45, 2.75) is 70.4 Å². The minimum atomic E-state index is -0.815. The van der Waals surface area contributed by atoms with Crippen molar-refractivity contribution < 1.29 is 19.1 Å². The number of rotatable bonds is 6. The third-order valence-corrected chi connectivity index (χ3v) is 6.51. The first-order valence-corrected chi connectivity index (χ1v) is 9.72. The van der Waals surface area contributed by atoms with Gasteiger partial charge in [-0.3, -0.25) is 14.4 Å². The summed E-state index contributed by atoms with van der Waals surface area (Å²) in [5.41, 5.74) is -0.260. The van der Waals surface area contributed by atoms with E-state index < -0.39 is 12.1 Å². The SMILES string of the molecule is C[C@@H](OC(=O)CNC(=O)C12CC3CC(CC(C3)C1)C2)C(=O)NC1CC1. The van der Waals surface area contributed by atoms with E-state index in [-0.39, 0.29) is 29.8 Å². The van der Waals surface area contributed by atoms with Crippen LogP contribution in [0.1, 0.15) is 58.3 Å². The summed E-state index contributed by atoms with van der Waals surface area (Å²) in [4.78, 5) is 36.6. The molecule has 2 N–H and O–H groups in total. The van der Waals surface area contributed by atoms with Crippen LogP contribution in [0.15, 0.2) is 0 Å². The Morgan fingerprint density at radius 2 is 1.60 bits per heavy atom. The van der Waals surface area contributed by atoms with Gasteiger partial charge in [-0.2, -0.15) is 0 Å². The number of amides is 2. The molecule has 5 aliphatic rings. The van der Waals surface area contributed by atoms with E-state index in [4.69, 9.17) is 4.74 Å². The first-order chi connectivity index (χ1) is 11.9. The van der Waals surface area contributed by atoms with Crippen molar-refractivity contribution in [1.82, 2.24) is 10.6 Å². The summed E-state index contributed by atoms with van der Waals surface area (Å²) >= 11 is 0. The van der Waals surface area contributed by atoms with Crippen LogP contribution in [0.3, 0.4) is 0 Å². The van der Waals surface area contributed by atoms with E-state index in [1.54, 1.807) is 6.92 Å². The van der Waals surface area contributed by atoms with Gasteiger partial charge in [0.15, 0.2) is 6.10 Å². The zero-order chi connectivity index (χ0) is 17.6. The molecule has 0 saturated heterocycles. The normalized spacial score (nSPS) is 36.6. The molecule has 2 amide bonds. The number of nitrogens with one attached hydrogen (secondary N) is 2. The second-order valence-corrected chi connectivity index (χ2v) is 8.80. The van der Waals surface area contributed by atoms with Crippen LogP contribution in [0.5, 0.6) is 0 Å². The second kappa shape index (κ2) is 6.29. The maximum Gasteiger partial charge on any atom is 0.326 e. The molecule has 0 radical (unpaired) electrons. The summed E-state index contributed by atoms with van der Waals surface area (Å²) in [7, 11) is 0. The molecule has 1 atom stereocenters. The molecule has 4 bridgehead atoms. The minimum absolute atomic E-state index is 0.0126. The molecule has 5 rings (SSSR count). The predicted molar refractivity (Wildman–Crippen MR) is 90.3 cm³/mol. The predicted octanol–water partition coefficient (Wildman–Crippen LogP) is 1.53. The van der Waals surface area contributed by atoms with Crippen LogP contribution in [0.25, 0.3) is 0 Å². The number of hydrogen-bond donors (Lipinski definition) is 2. The zero-order valence-corrected chi connectivity index (χ0v) is 14.9. The number of esters is 1. The van der Waals surface area contributed by atoms with E-state index in [0.29, 0.717) is 17.8 Å². The Bertz CT molecular complexity index is 549. The van der Waals surface area contributed by atoms with Crippen LogP contribution in [-0.2, 0) is 19.1 Å². The van der Waals surface area contributed by atoms with E-state index in [9.17, 15) is 14.4 Å². The third-order valence-electron chi connectivity index (χ3n) is 6.51. The molecule has 5 aliphatic carbocycles. The first-order valence-electron chi connectivity index (χ1n) is 9.72. The van der Waals surface area contributed by atoms with Gasteiger partial charge >= 0.3 is 5.97 Å². The summed E-state index contributed by atoms with van der Waals surface area (Å²) in [6, 6.07) is 0.240. The van der Waals surface area contributed by atoms with Crippen molar-refractivity contribution in [3.05, 3.63) is 0 Å². The third kappa shape index (κ3) is 3.53. The van der Waals surface area contributed by atoms with Gasteiger partial charge in [-0.25, -0.2) is 0 Å². The summed E-state index contributed by atoms with van der Waals surface area (Å²) in [6.07, 6.45) is 7.93. The van der Waals surface area contributed by atoms with E-state index >= 15 is 0 Å². The number of ether oxygens (including phenoxy) is 1. The number of hydrogen-bond acceptors (Lipinski definition) is 4. The van der Waals surface area contributed by atoms with Crippen LogP contribution >= 0.6 is 0 Å². The molecule has 6 heteroatoms. The monoisotopic (exact) mass is 348 g/mol. The average molecular weight is 348 g/mol. The van der Waals surface area contributed by atoms with E-state index in [1.807, 2.05) is 0 Å². The number of carbonyl (C=O) groups is 3. The fourth-order valence-corrected chi connectivity index (χ4v) is 5.57. The highest BCUT2D eigenvalue weighted by Crippen LogP contribution is 2.60. The zero-order valence-electron chi connectivity index (χ0n) is 14.9. The summed E-state index contributed by atoms with van der Waals surface area (Å²) in [5.74, 6) is 1.28. The molecule has 0 aromatic carbocycles. The van der Waals surface area contributed by atoms with E-state index in [1.165, 1.54) is 19.3 Å². The largest absolute Gasteiger partial charge is 0.451 e. The quantitative estimate of drug-likeness (QED) is 0.713. The van der Waals surface area contributed by atoms with E-state index in [2.05, 4.69) is 10.6 Å². The van der Waals surface area contributed by atoms with Crippen LogP contribution in [0.2, 0.25) is 0 Å². The first kappa shape index (κ1) is 16.9. The highest BCUT2D eigenvalue weighted by atomic mass is 16.5. The van der Waals surface area contributed by atoms with Gasteiger partial charge in [0.05, 0.1) is 0 Å². The van der Waals surface area contributed by atoms with Gasteiger partial charge in [-0.15, -0.1) is 0 Å². The van der Waals surface area contributed by atoms with Gasteiger partial charge in [0, 0.05) is 11.5 Å². The van der Waals surface area contributed by atoms with Crippen LogP contribution in [0, 0.1) is 23.2 Å². The highest BCUT2D eigenvalue weighted by Gasteiger charge is 2.54. The maximum atomic E-state index is 12.8. The fraction of sp³-hybridized carbons (Fsp3) is 0.842. The standard InChI is InChI=1S/C19H28N2O4/c1-11(17(23)21-15-2-3-15)25-16(22)10-20-18(24)19-7-12-4-13(8-19)6-14(5-12)9-19/h11-15H,2-10H2,1H3,(H,20,24)(H,21,23)/t11-,12?,13?,14?,19?/m1/s1. The molecule has 0 spiro atoms. The molecule has 5 fully saturated rings. The van der Waals surface area contributed by atoms with Crippen LogP contribution in [-0.4, -0.2) is 36.5 Å². The highest BCUT2D eigenvalue weighted by molar-refractivity contribution is 5.88. The topological polar surface area (TPSA) is 84.5 Å². The fourth-order valence-electron chi connectivity index (χ4n) is 5.57. The Labute approximate surface area is 148 Å². The van der Waals surface area contributed by atoms with Crippen molar-refractivity contribution in [2.24, 2.45) is 23.2 Å². The average Bonchev–Trinajstić information content (AvgIpc) is 3.35. The van der Waals surface area contributed by atoms with Crippen molar-refractivity contribution in [1.29, 1.82) is 0 Å². The number of carbonyl (C=O) groups excluding carboxylic acids is 3. The van der Waals surface area contributed by atoms with Crippen LogP contribution < -0.4 is 10.6 Å². The molecule has 0 heterocycles. The van der Waals surface area contributed by atoms with Gasteiger partial charge in [-0.05, 0) is 76.0 Å². The molecule has 138 valence electrons. The second-order valence-electron chi connectivity index (χ2n) is 8.80. The molecule has 0 aliphatic heterocycles. The van der Waals surface area contributed by atoms with E-state index in [0.717, 1.165) is 32.1 Å². The van der Waals surface area contributed by atoms with Crippen molar-refractivity contribution in [2.75, 3.05) is 6.54 Å². The molecule has 5 saturated carbocycles. The van der Waals surface area contributed by atoms with Gasteiger partial charge in [0.2, 0.25) is 5.91 Å². The summed E-state index contributed by atoms with van der Waals surface area (Å²) in [6.45, 7) is 1.41. The van der Waals surface area contributed by atoms with Gasteiger partial charge in [-0.1, -0.05) is 0 Å². The summed E-state index contributed by atoms with van der Waals surface area (Å²) < 4.78 is 5.14. The van der Waals surface area contributed by atoms with Crippen molar-refractivity contribution in [3.63, 3.8) is 0 Å².